The van der Waals surface area contributed by atoms with E-state index in [0.29, 0.717) is 22.7 Å². The third-order valence-electron chi connectivity index (χ3n) is 3.30. The monoisotopic (exact) mass is 273 g/mol. The molecule has 0 N–H and O–H groups in total. The van der Waals surface area contributed by atoms with E-state index in [1.54, 1.807) is 18.5 Å². The minimum atomic E-state index is -0.696. The van der Waals surface area contributed by atoms with Crippen LogP contribution in [0.5, 0.6) is 0 Å². The number of aromatic nitrogens is 2. The van der Waals surface area contributed by atoms with Gasteiger partial charge in [0.15, 0.2) is 0 Å². The van der Waals surface area contributed by atoms with E-state index in [1.807, 2.05) is 13.8 Å². The summed E-state index contributed by atoms with van der Waals surface area (Å²) in [6, 6.07) is 1.71. The number of hydrogen-bond donors (Lipinski definition) is 0. The van der Waals surface area contributed by atoms with Crippen molar-refractivity contribution in [2.45, 2.75) is 25.8 Å². The smallest absolute Gasteiger partial charge is 0.129 e. The van der Waals surface area contributed by atoms with Gasteiger partial charge in [-0.1, -0.05) is 23.6 Å². The Morgan fingerprint density at radius 3 is 2.79 bits per heavy atom. The lowest BCUT2D eigenvalue weighted by atomic mass is 9.88. The average molecular weight is 274 g/mol. The van der Waals surface area contributed by atoms with Crippen LogP contribution in [0.4, 0.5) is 0 Å². The van der Waals surface area contributed by atoms with Gasteiger partial charge in [-0.3, -0.25) is 4.98 Å². The summed E-state index contributed by atoms with van der Waals surface area (Å²) >= 11 is 5.94. The maximum absolute atomic E-state index is 8.75. The molecule has 19 heavy (non-hydrogen) atoms. The standard InChI is InChI=1S/C13H12ClN5/c1-4-13(3,18-19-15)11-7-16-8(2)10-6-17-12(14)5-9(10)11/h2,5-7H,4H2,1,3H3/t13-/m1/s1. The fourth-order valence-electron chi connectivity index (χ4n) is 1.97. The summed E-state index contributed by atoms with van der Waals surface area (Å²) in [7, 11) is 0. The van der Waals surface area contributed by atoms with Crippen molar-refractivity contribution in [2.24, 2.45) is 5.11 Å². The molecule has 96 valence electrons. The molecule has 0 aliphatic rings. The molecule has 5 nitrogen and oxygen atoms in total. The zero-order chi connectivity index (χ0) is 14.0. The summed E-state index contributed by atoms with van der Waals surface area (Å²) in [5.74, 6) is 0. The van der Waals surface area contributed by atoms with Gasteiger partial charge in [0.25, 0.3) is 0 Å². The Hall–Kier alpha value is -1.84. The molecule has 2 radical (unpaired) electrons. The van der Waals surface area contributed by atoms with Gasteiger partial charge < -0.3 is 0 Å². The Kier molecular flexibility index (Phi) is 3.60. The van der Waals surface area contributed by atoms with Gasteiger partial charge in [0, 0.05) is 29.6 Å². The predicted octanol–water partition coefficient (Wildman–Crippen LogP) is 4.28. The number of hydrogen-bond acceptors (Lipinski definition) is 3. The van der Waals surface area contributed by atoms with Crippen LogP contribution in [0.2, 0.25) is 5.15 Å². The lowest BCUT2D eigenvalue weighted by Crippen LogP contribution is -2.18. The molecule has 0 unspecified atom stereocenters. The Bertz CT molecular complexity index is 678. The topological polar surface area (TPSA) is 74.5 Å². The van der Waals surface area contributed by atoms with Crippen LogP contribution in [-0.4, -0.2) is 9.97 Å². The zero-order valence-corrected chi connectivity index (χ0v) is 11.4. The molecule has 0 spiro atoms. The third kappa shape index (κ3) is 2.35. The van der Waals surface area contributed by atoms with Gasteiger partial charge in [-0.2, -0.15) is 0 Å². The van der Waals surface area contributed by atoms with Gasteiger partial charge in [0.05, 0.1) is 11.2 Å². The largest absolute Gasteiger partial charge is 0.260 e. The molecule has 2 aromatic heterocycles. The van der Waals surface area contributed by atoms with Gasteiger partial charge >= 0.3 is 0 Å². The van der Waals surface area contributed by atoms with Crippen molar-refractivity contribution in [3.63, 3.8) is 0 Å². The maximum atomic E-state index is 8.75. The van der Waals surface area contributed by atoms with E-state index in [9.17, 15) is 0 Å². The van der Waals surface area contributed by atoms with Gasteiger partial charge in [-0.15, -0.1) is 0 Å². The highest BCUT2D eigenvalue weighted by Gasteiger charge is 2.26. The van der Waals surface area contributed by atoms with Crippen molar-refractivity contribution in [3.8, 4) is 0 Å². The highest BCUT2D eigenvalue weighted by atomic mass is 35.5. The van der Waals surface area contributed by atoms with Crippen molar-refractivity contribution in [1.29, 1.82) is 0 Å². The van der Waals surface area contributed by atoms with E-state index in [1.165, 1.54) is 0 Å². The minimum Gasteiger partial charge on any atom is -0.260 e. The van der Waals surface area contributed by atoms with Crippen LogP contribution >= 0.6 is 11.6 Å². The number of nitrogens with zero attached hydrogens (tertiary/aromatic N) is 5. The van der Waals surface area contributed by atoms with Crippen molar-refractivity contribution in [1.82, 2.24) is 9.97 Å². The second kappa shape index (κ2) is 5.03. The first-order valence-corrected chi connectivity index (χ1v) is 6.16. The summed E-state index contributed by atoms with van der Waals surface area (Å²) < 4.78 is 0. The molecule has 2 rings (SSSR count). The van der Waals surface area contributed by atoms with E-state index in [4.69, 9.17) is 24.1 Å². The summed E-state index contributed by atoms with van der Waals surface area (Å²) in [6.45, 7) is 9.64. The van der Waals surface area contributed by atoms with Crippen molar-refractivity contribution in [2.75, 3.05) is 0 Å². The molecule has 0 fully saturated rings. The van der Waals surface area contributed by atoms with Gasteiger partial charge in [-0.05, 0) is 35.9 Å². The Morgan fingerprint density at radius 2 is 2.16 bits per heavy atom. The molecule has 0 aliphatic carbocycles. The molecule has 0 aliphatic heterocycles. The molecular weight excluding hydrogens is 262 g/mol. The van der Waals surface area contributed by atoms with Gasteiger partial charge in [0.1, 0.15) is 5.15 Å². The summed E-state index contributed by atoms with van der Waals surface area (Å²) in [5.41, 5.74) is 9.22. The number of rotatable bonds is 3. The first kappa shape index (κ1) is 13.6. The van der Waals surface area contributed by atoms with E-state index < -0.39 is 5.54 Å². The summed E-state index contributed by atoms with van der Waals surface area (Å²) in [6.07, 6.45) is 3.85. The van der Waals surface area contributed by atoms with Crippen LogP contribution in [0, 0.1) is 6.92 Å². The van der Waals surface area contributed by atoms with Gasteiger partial charge in [0.2, 0.25) is 0 Å². The zero-order valence-electron chi connectivity index (χ0n) is 10.6. The molecule has 0 saturated carbocycles. The molecule has 0 amide bonds. The predicted molar refractivity (Wildman–Crippen MR) is 74.7 cm³/mol. The Balaban J connectivity index is 2.84. The highest BCUT2D eigenvalue weighted by molar-refractivity contribution is 6.30. The van der Waals surface area contributed by atoms with E-state index in [2.05, 4.69) is 20.0 Å². The summed E-state index contributed by atoms with van der Waals surface area (Å²) in [4.78, 5) is 11.1. The lowest BCUT2D eigenvalue weighted by Gasteiger charge is -2.24. The first-order chi connectivity index (χ1) is 9.01. The molecule has 0 aromatic carbocycles. The first-order valence-electron chi connectivity index (χ1n) is 5.78. The van der Waals surface area contributed by atoms with Crippen LogP contribution < -0.4 is 0 Å². The van der Waals surface area contributed by atoms with Crippen LogP contribution in [0.3, 0.4) is 0 Å². The molecule has 6 heteroatoms. The van der Waals surface area contributed by atoms with Crippen LogP contribution in [-0.2, 0) is 5.54 Å². The van der Waals surface area contributed by atoms with Gasteiger partial charge in [-0.25, -0.2) is 4.98 Å². The van der Waals surface area contributed by atoms with Crippen molar-refractivity contribution >= 4 is 22.4 Å². The maximum Gasteiger partial charge on any atom is 0.129 e. The quantitative estimate of drug-likeness (QED) is 0.362. The normalized spacial score (nSPS) is 13.9. The fourth-order valence-corrected chi connectivity index (χ4v) is 2.13. The second-order valence-electron chi connectivity index (χ2n) is 4.43. The molecule has 0 bridgehead atoms. The molecule has 0 saturated heterocycles. The fraction of sp³-hybridized carbons (Fsp3) is 0.308. The van der Waals surface area contributed by atoms with Crippen LogP contribution in [0.1, 0.15) is 31.5 Å². The third-order valence-corrected chi connectivity index (χ3v) is 3.51. The van der Waals surface area contributed by atoms with E-state index in [0.717, 1.165) is 10.9 Å². The number of halogens is 1. The second-order valence-corrected chi connectivity index (χ2v) is 4.81. The van der Waals surface area contributed by atoms with Crippen molar-refractivity contribution < 1.29 is 0 Å². The molecule has 2 aromatic rings. The lowest BCUT2D eigenvalue weighted by molar-refractivity contribution is 0.476. The number of pyridine rings is 2. The van der Waals surface area contributed by atoms with E-state index in [-0.39, 0.29) is 0 Å². The van der Waals surface area contributed by atoms with Crippen LogP contribution in [0.15, 0.2) is 23.6 Å². The molecule has 2 heterocycles. The summed E-state index contributed by atoms with van der Waals surface area (Å²) in [5, 5.41) is 5.76. The van der Waals surface area contributed by atoms with E-state index >= 15 is 0 Å². The highest BCUT2D eigenvalue weighted by Crippen LogP contribution is 2.35. The Labute approximate surface area is 116 Å². The number of fused-ring (bicyclic) bond motifs is 1. The average Bonchev–Trinajstić information content (AvgIpc) is 2.39. The minimum absolute atomic E-state index is 0.360. The van der Waals surface area contributed by atoms with Crippen LogP contribution in [0.25, 0.3) is 21.2 Å². The molecular formula is C13H12ClN5. The molecule has 1 atom stereocenters. The Morgan fingerprint density at radius 1 is 1.42 bits per heavy atom. The van der Waals surface area contributed by atoms with Crippen molar-refractivity contribution in [3.05, 3.63) is 52.2 Å². The number of azide groups is 1. The SMILES string of the molecule is [CH]c1ncc([C@@](C)(CC)N=[N+]=[N-])c2cc(Cl)ncc12.